The van der Waals surface area contributed by atoms with Gasteiger partial charge in [0.25, 0.3) is 0 Å². The summed E-state index contributed by atoms with van der Waals surface area (Å²) in [6.07, 6.45) is 6.89. The number of nitrogens with two attached hydrogens (primary N) is 1. The number of hydrogen-bond acceptors (Lipinski definition) is 3. The summed E-state index contributed by atoms with van der Waals surface area (Å²) >= 11 is 0. The topological polar surface area (TPSA) is 72.2 Å². The Hall–Kier alpha value is -1.51. The number of benzene rings is 1. The van der Waals surface area contributed by atoms with Crippen LogP contribution in [0.3, 0.4) is 0 Å². The van der Waals surface area contributed by atoms with Gasteiger partial charge < -0.3 is 5.73 Å². The minimum Gasteiger partial charge on any atom is -0.399 e. The van der Waals surface area contributed by atoms with Gasteiger partial charge in [-0.1, -0.05) is 19.9 Å². The van der Waals surface area contributed by atoms with Crippen LogP contribution in [-0.4, -0.2) is 14.5 Å². The number of rotatable bonds is 6. The van der Waals surface area contributed by atoms with Gasteiger partial charge in [-0.3, -0.25) is 0 Å². The lowest BCUT2D eigenvalue weighted by Gasteiger charge is -2.16. The van der Waals surface area contributed by atoms with Crippen molar-refractivity contribution < 1.29 is 8.42 Å². The molecule has 104 valence electrons. The fourth-order valence-electron chi connectivity index (χ4n) is 1.81. The predicted octanol–water partition coefficient (Wildman–Crippen LogP) is 1.91. The van der Waals surface area contributed by atoms with Crippen LogP contribution in [0.5, 0.6) is 0 Å². The molecule has 0 bridgehead atoms. The summed E-state index contributed by atoms with van der Waals surface area (Å²) in [4.78, 5) is 0.241. The molecule has 0 aliphatic rings. The van der Waals surface area contributed by atoms with E-state index < -0.39 is 10.0 Å². The molecule has 0 amide bonds. The molecule has 0 fully saturated rings. The molecule has 19 heavy (non-hydrogen) atoms. The predicted molar refractivity (Wildman–Crippen MR) is 78.1 cm³/mol. The third-order valence-corrected chi connectivity index (χ3v) is 4.54. The fourth-order valence-corrected chi connectivity index (χ4v) is 3.47. The Kier molecular flexibility index (Phi) is 5.40. The second-order valence-corrected chi connectivity index (χ2v) is 6.04. The Morgan fingerprint density at radius 2 is 2.11 bits per heavy atom. The largest absolute Gasteiger partial charge is 0.399 e. The van der Waals surface area contributed by atoms with Gasteiger partial charge in [0.05, 0.1) is 4.90 Å². The second-order valence-electron chi connectivity index (χ2n) is 4.36. The van der Waals surface area contributed by atoms with Gasteiger partial charge in [0, 0.05) is 18.2 Å². The van der Waals surface area contributed by atoms with E-state index in [4.69, 9.17) is 12.2 Å². The molecule has 0 saturated carbocycles. The van der Waals surface area contributed by atoms with E-state index >= 15 is 0 Å². The van der Waals surface area contributed by atoms with Gasteiger partial charge in [0.1, 0.15) is 0 Å². The molecule has 0 heterocycles. The Morgan fingerprint density at radius 1 is 1.42 bits per heavy atom. The zero-order valence-electron chi connectivity index (χ0n) is 11.3. The van der Waals surface area contributed by atoms with Gasteiger partial charge in [-0.25, -0.2) is 13.1 Å². The van der Waals surface area contributed by atoms with Crippen molar-refractivity contribution in [2.45, 2.75) is 44.0 Å². The van der Waals surface area contributed by atoms with Crippen LogP contribution in [0.2, 0.25) is 0 Å². The molecule has 0 aliphatic heterocycles. The van der Waals surface area contributed by atoms with Crippen LogP contribution < -0.4 is 10.5 Å². The normalized spacial score (nSPS) is 12.9. The van der Waals surface area contributed by atoms with E-state index in [1.54, 1.807) is 12.1 Å². The van der Waals surface area contributed by atoms with Crippen LogP contribution >= 0.6 is 0 Å². The van der Waals surface area contributed by atoms with Crippen molar-refractivity contribution in [3.63, 3.8) is 0 Å². The van der Waals surface area contributed by atoms with Gasteiger partial charge in [-0.05, 0) is 30.5 Å². The Labute approximate surface area is 115 Å². The van der Waals surface area contributed by atoms with E-state index in [0.717, 1.165) is 5.56 Å². The van der Waals surface area contributed by atoms with Crippen molar-refractivity contribution in [2.24, 2.45) is 0 Å². The summed E-state index contributed by atoms with van der Waals surface area (Å²) in [5, 5.41) is 0. The molecule has 0 aliphatic carbocycles. The van der Waals surface area contributed by atoms with Crippen LogP contribution in [0.1, 0.15) is 32.3 Å². The summed E-state index contributed by atoms with van der Waals surface area (Å²) < 4.78 is 27.4. The van der Waals surface area contributed by atoms with Gasteiger partial charge in [0.15, 0.2) is 0 Å². The molecule has 1 aromatic rings. The molecule has 4 nitrogen and oxygen atoms in total. The van der Waals surface area contributed by atoms with Crippen molar-refractivity contribution >= 4 is 15.7 Å². The maximum atomic E-state index is 12.4. The van der Waals surface area contributed by atoms with Gasteiger partial charge in [-0.2, -0.15) is 0 Å². The summed E-state index contributed by atoms with van der Waals surface area (Å²) in [5.41, 5.74) is 6.86. The first kappa shape index (κ1) is 15.5. The standard InChI is InChI=1S/C14H20N2O2S/c1-4-7-13(6-3)16-19(17,18)14-10-12(15)9-8-11(14)5-2/h1,8-10,13,16H,5-7,15H2,2-3H3. The summed E-state index contributed by atoms with van der Waals surface area (Å²) in [6.45, 7) is 3.80. The highest BCUT2D eigenvalue weighted by molar-refractivity contribution is 7.89. The quantitative estimate of drug-likeness (QED) is 0.617. The molecule has 5 heteroatoms. The summed E-state index contributed by atoms with van der Waals surface area (Å²) in [7, 11) is -3.58. The van der Waals surface area contributed by atoms with Crippen LogP contribution in [0.4, 0.5) is 5.69 Å². The van der Waals surface area contributed by atoms with Crippen molar-refractivity contribution in [1.29, 1.82) is 0 Å². The van der Waals surface area contributed by atoms with Crippen molar-refractivity contribution in [3.8, 4) is 12.3 Å². The van der Waals surface area contributed by atoms with Crippen LogP contribution in [0, 0.1) is 12.3 Å². The number of hydrogen-bond donors (Lipinski definition) is 2. The highest BCUT2D eigenvalue weighted by Crippen LogP contribution is 2.20. The molecule has 3 N–H and O–H groups in total. The summed E-state index contributed by atoms with van der Waals surface area (Å²) in [5.74, 6) is 2.48. The number of nitrogens with one attached hydrogen (secondary N) is 1. The van der Waals surface area contributed by atoms with E-state index in [-0.39, 0.29) is 10.9 Å². The Morgan fingerprint density at radius 3 is 2.63 bits per heavy atom. The highest BCUT2D eigenvalue weighted by atomic mass is 32.2. The molecule has 0 radical (unpaired) electrons. The third-order valence-electron chi connectivity index (χ3n) is 2.94. The minimum absolute atomic E-state index is 0.241. The van der Waals surface area contributed by atoms with Crippen molar-refractivity contribution in [1.82, 2.24) is 4.72 Å². The smallest absolute Gasteiger partial charge is 0.241 e. The number of sulfonamides is 1. The maximum absolute atomic E-state index is 12.4. The molecule has 0 saturated heterocycles. The zero-order valence-corrected chi connectivity index (χ0v) is 12.1. The Balaban J connectivity index is 3.13. The van der Waals surface area contributed by atoms with E-state index in [1.165, 1.54) is 6.07 Å². The lowest BCUT2D eigenvalue weighted by molar-refractivity contribution is 0.543. The molecule has 1 rings (SSSR count). The molecular formula is C14H20N2O2S. The Bertz CT molecular complexity index is 574. The first-order valence-electron chi connectivity index (χ1n) is 6.28. The van der Waals surface area contributed by atoms with Crippen LogP contribution in [0.15, 0.2) is 23.1 Å². The monoisotopic (exact) mass is 280 g/mol. The molecule has 0 aromatic heterocycles. The molecule has 0 spiro atoms. The van der Waals surface area contributed by atoms with Gasteiger partial charge in [0.2, 0.25) is 10.0 Å². The lowest BCUT2D eigenvalue weighted by atomic mass is 10.1. The van der Waals surface area contributed by atoms with Crippen LogP contribution in [-0.2, 0) is 16.4 Å². The van der Waals surface area contributed by atoms with E-state index in [2.05, 4.69) is 10.6 Å². The van der Waals surface area contributed by atoms with Gasteiger partial charge >= 0.3 is 0 Å². The first-order chi connectivity index (χ1) is 8.94. The third kappa shape index (κ3) is 3.98. The molecule has 1 atom stereocenters. The number of terminal acetylenes is 1. The number of nitrogen functional groups attached to an aromatic ring is 1. The maximum Gasteiger partial charge on any atom is 0.241 e. The fraction of sp³-hybridized carbons (Fsp3) is 0.429. The lowest BCUT2D eigenvalue weighted by Crippen LogP contribution is -2.34. The van der Waals surface area contributed by atoms with Crippen molar-refractivity contribution in [2.75, 3.05) is 5.73 Å². The zero-order chi connectivity index (χ0) is 14.5. The SMILES string of the molecule is C#CCC(CC)NS(=O)(=O)c1cc(N)ccc1CC. The average Bonchev–Trinajstić information content (AvgIpc) is 2.38. The number of anilines is 1. The van der Waals surface area contributed by atoms with Crippen molar-refractivity contribution in [3.05, 3.63) is 23.8 Å². The molecular weight excluding hydrogens is 260 g/mol. The molecule has 1 unspecified atom stereocenters. The highest BCUT2D eigenvalue weighted by Gasteiger charge is 2.21. The summed E-state index contributed by atoms with van der Waals surface area (Å²) in [6, 6.07) is 4.69. The average molecular weight is 280 g/mol. The van der Waals surface area contributed by atoms with E-state index in [9.17, 15) is 8.42 Å². The van der Waals surface area contributed by atoms with Crippen LogP contribution in [0.25, 0.3) is 0 Å². The second kappa shape index (κ2) is 6.60. The van der Waals surface area contributed by atoms with Gasteiger partial charge in [-0.15, -0.1) is 12.3 Å². The van der Waals surface area contributed by atoms with E-state index in [0.29, 0.717) is 24.9 Å². The van der Waals surface area contributed by atoms with E-state index in [1.807, 2.05) is 13.8 Å². The minimum atomic E-state index is -3.58. The first-order valence-corrected chi connectivity index (χ1v) is 7.77. The molecule has 1 aromatic carbocycles. The number of aryl methyl sites for hydroxylation is 1.